The molecule has 0 radical (unpaired) electrons. The first-order valence-corrected chi connectivity index (χ1v) is 8.90. The van der Waals surface area contributed by atoms with Crippen molar-refractivity contribution in [2.75, 3.05) is 6.54 Å². The van der Waals surface area contributed by atoms with Gasteiger partial charge in [-0.3, -0.25) is 14.9 Å². The maximum Gasteiger partial charge on any atom is 0.269 e. The molecule has 1 amide bonds. The van der Waals surface area contributed by atoms with E-state index in [1.807, 2.05) is 42.5 Å². The molecule has 0 spiro atoms. The quantitative estimate of drug-likeness (QED) is 0.370. The highest BCUT2D eigenvalue weighted by molar-refractivity contribution is 5.91. The SMILES string of the molecule is O=C(/C=C/c1ccc([N+](=O)[O-])cc1)NCCC(O)c1cccc2ccccc12. The highest BCUT2D eigenvalue weighted by Crippen LogP contribution is 2.25. The molecule has 6 nitrogen and oxygen atoms in total. The Morgan fingerprint density at radius 3 is 2.54 bits per heavy atom. The Morgan fingerprint density at radius 1 is 1.07 bits per heavy atom. The highest BCUT2D eigenvalue weighted by atomic mass is 16.6. The second kappa shape index (κ2) is 8.92. The standard InChI is InChI=1S/C22H20N2O4/c25-21(20-7-3-5-17-4-1-2-6-19(17)20)14-15-23-22(26)13-10-16-8-11-18(12-9-16)24(27)28/h1-13,21,25H,14-15H2,(H,23,26)/b13-10+. The van der Waals surface area contributed by atoms with Crippen molar-refractivity contribution in [1.29, 1.82) is 0 Å². The lowest BCUT2D eigenvalue weighted by Gasteiger charge is -2.14. The summed E-state index contributed by atoms with van der Waals surface area (Å²) < 4.78 is 0. The minimum Gasteiger partial charge on any atom is -0.388 e. The number of hydrogen-bond acceptors (Lipinski definition) is 4. The molecule has 0 heterocycles. The lowest BCUT2D eigenvalue weighted by molar-refractivity contribution is -0.384. The molecule has 0 aliphatic heterocycles. The van der Waals surface area contributed by atoms with E-state index in [1.54, 1.807) is 18.2 Å². The first kappa shape index (κ1) is 19.3. The number of rotatable bonds is 7. The Labute approximate surface area is 162 Å². The Morgan fingerprint density at radius 2 is 1.79 bits per heavy atom. The molecule has 3 aromatic carbocycles. The fourth-order valence-corrected chi connectivity index (χ4v) is 2.97. The van der Waals surface area contributed by atoms with Gasteiger partial charge in [-0.25, -0.2) is 0 Å². The van der Waals surface area contributed by atoms with Crippen LogP contribution in [-0.4, -0.2) is 22.5 Å². The maximum atomic E-state index is 11.9. The van der Waals surface area contributed by atoms with Crippen LogP contribution in [0.1, 0.15) is 23.7 Å². The second-order valence-electron chi connectivity index (χ2n) is 6.35. The monoisotopic (exact) mass is 376 g/mol. The third-order valence-electron chi connectivity index (χ3n) is 4.43. The van der Waals surface area contributed by atoms with E-state index in [2.05, 4.69) is 5.32 Å². The van der Waals surface area contributed by atoms with Crippen molar-refractivity contribution in [3.63, 3.8) is 0 Å². The van der Waals surface area contributed by atoms with Gasteiger partial charge in [0.1, 0.15) is 0 Å². The van der Waals surface area contributed by atoms with Crippen molar-refractivity contribution in [2.24, 2.45) is 0 Å². The van der Waals surface area contributed by atoms with E-state index < -0.39 is 11.0 Å². The number of nitro benzene ring substituents is 1. The summed E-state index contributed by atoms with van der Waals surface area (Å²) in [6.45, 7) is 0.327. The summed E-state index contributed by atoms with van der Waals surface area (Å²) in [5, 5.41) is 25.9. The summed E-state index contributed by atoms with van der Waals surface area (Å²) in [5.74, 6) is -0.288. The number of nitrogens with one attached hydrogen (secondary N) is 1. The number of fused-ring (bicyclic) bond motifs is 1. The van der Waals surface area contributed by atoms with Crippen LogP contribution in [0.4, 0.5) is 5.69 Å². The molecule has 0 saturated heterocycles. The summed E-state index contributed by atoms with van der Waals surface area (Å²) in [7, 11) is 0. The normalized spacial score (nSPS) is 12.2. The molecule has 0 aliphatic rings. The molecule has 0 fully saturated rings. The van der Waals surface area contributed by atoms with Crippen LogP contribution >= 0.6 is 0 Å². The average Bonchev–Trinajstić information content (AvgIpc) is 2.72. The van der Waals surface area contributed by atoms with Crippen LogP contribution in [0.2, 0.25) is 0 Å². The van der Waals surface area contributed by atoms with Crippen LogP contribution in [0.15, 0.2) is 72.8 Å². The van der Waals surface area contributed by atoms with Crippen LogP contribution < -0.4 is 5.32 Å². The number of aliphatic hydroxyl groups excluding tert-OH is 1. The third-order valence-corrected chi connectivity index (χ3v) is 4.43. The number of nitrogens with zero attached hydrogens (tertiary/aromatic N) is 1. The summed E-state index contributed by atoms with van der Waals surface area (Å²) in [4.78, 5) is 22.1. The fraction of sp³-hybridized carbons (Fsp3) is 0.136. The van der Waals surface area contributed by atoms with Crippen molar-refractivity contribution >= 4 is 28.4 Å². The van der Waals surface area contributed by atoms with Crippen LogP contribution in [0.3, 0.4) is 0 Å². The summed E-state index contributed by atoms with van der Waals surface area (Å²) in [5.41, 5.74) is 1.54. The molecule has 142 valence electrons. The zero-order valence-corrected chi connectivity index (χ0v) is 15.1. The number of hydrogen-bond donors (Lipinski definition) is 2. The lowest BCUT2D eigenvalue weighted by Crippen LogP contribution is -2.23. The highest BCUT2D eigenvalue weighted by Gasteiger charge is 2.11. The van der Waals surface area contributed by atoms with Crippen molar-refractivity contribution in [3.05, 3.63) is 94.0 Å². The Balaban J connectivity index is 1.52. The first-order chi connectivity index (χ1) is 13.5. The summed E-state index contributed by atoms with van der Waals surface area (Å²) in [6.07, 6.45) is 2.67. The molecule has 0 aromatic heterocycles. The van der Waals surface area contributed by atoms with Gasteiger partial charge in [0.15, 0.2) is 0 Å². The van der Waals surface area contributed by atoms with E-state index in [0.717, 1.165) is 16.3 Å². The molecular formula is C22H20N2O4. The van der Waals surface area contributed by atoms with Gasteiger partial charge in [-0.15, -0.1) is 0 Å². The number of carbonyl (C=O) groups is 1. The van der Waals surface area contributed by atoms with E-state index in [1.165, 1.54) is 18.2 Å². The average molecular weight is 376 g/mol. The van der Waals surface area contributed by atoms with Crippen LogP contribution in [0, 0.1) is 10.1 Å². The fourth-order valence-electron chi connectivity index (χ4n) is 2.97. The van der Waals surface area contributed by atoms with E-state index in [0.29, 0.717) is 18.5 Å². The van der Waals surface area contributed by atoms with Gasteiger partial charge in [0.2, 0.25) is 5.91 Å². The smallest absolute Gasteiger partial charge is 0.269 e. The number of amides is 1. The number of nitro groups is 1. The van der Waals surface area contributed by atoms with Gasteiger partial charge in [0.25, 0.3) is 5.69 Å². The van der Waals surface area contributed by atoms with Gasteiger partial charge < -0.3 is 10.4 Å². The predicted molar refractivity (Wildman–Crippen MR) is 109 cm³/mol. The van der Waals surface area contributed by atoms with E-state index in [-0.39, 0.29) is 11.6 Å². The molecule has 0 saturated carbocycles. The van der Waals surface area contributed by atoms with Gasteiger partial charge in [-0.1, -0.05) is 42.5 Å². The molecule has 28 heavy (non-hydrogen) atoms. The largest absolute Gasteiger partial charge is 0.388 e. The molecular weight excluding hydrogens is 356 g/mol. The first-order valence-electron chi connectivity index (χ1n) is 8.90. The minimum absolute atomic E-state index is 0.00373. The zero-order valence-electron chi connectivity index (χ0n) is 15.1. The second-order valence-corrected chi connectivity index (χ2v) is 6.35. The van der Waals surface area contributed by atoms with Gasteiger partial charge >= 0.3 is 0 Å². The van der Waals surface area contributed by atoms with Crippen LogP contribution in [0.5, 0.6) is 0 Å². The Bertz CT molecular complexity index is 1010. The minimum atomic E-state index is -0.676. The zero-order chi connectivity index (χ0) is 19.9. The number of aliphatic hydroxyl groups is 1. The topological polar surface area (TPSA) is 92.5 Å². The molecule has 3 aromatic rings. The molecule has 0 aliphatic carbocycles. The maximum absolute atomic E-state index is 11.9. The summed E-state index contributed by atoms with van der Waals surface area (Å²) >= 11 is 0. The van der Waals surface area contributed by atoms with Crippen molar-refractivity contribution < 1.29 is 14.8 Å². The van der Waals surface area contributed by atoms with Crippen molar-refractivity contribution in [3.8, 4) is 0 Å². The van der Waals surface area contributed by atoms with Gasteiger partial charge in [-0.05, 0) is 46.5 Å². The number of non-ortho nitro benzene ring substituents is 1. The van der Waals surface area contributed by atoms with Gasteiger partial charge in [-0.2, -0.15) is 0 Å². The Kier molecular flexibility index (Phi) is 6.14. The van der Waals surface area contributed by atoms with Crippen molar-refractivity contribution in [1.82, 2.24) is 5.32 Å². The van der Waals surface area contributed by atoms with Crippen LogP contribution in [-0.2, 0) is 4.79 Å². The third kappa shape index (κ3) is 4.81. The molecule has 1 unspecified atom stereocenters. The Hall–Kier alpha value is -3.51. The van der Waals surface area contributed by atoms with Crippen LogP contribution in [0.25, 0.3) is 16.8 Å². The number of carbonyl (C=O) groups excluding carboxylic acids is 1. The van der Waals surface area contributed by atoms with E-state index in [9.17, 15) is 20.0 Å². The molecule has 0 bridgehead atoms. The van der Waals surface area contributed by atoms with Crippen molar-refractivity contribution in [2.45, 2.75) is 12.5 Å². The number of benzene rings is 3. The summed E-state index contributed by atoms with van der Waals surface area (Å²) in [6, 6.07) is 19.6. The molecule has 2 N–H and O–H groups in total. The molecule has 6 heteroatoms. The molecule has 1 atom stereocenters. The van der Waals surface area contributed by atoms with Gasteiger partial charge in [0, 0.05) is 24.8 Å². The predicted octanol–water partition coefficient (Wildman–Crippen LogP) is 4.00. The lowest BCUT2D eigenvalue weighted by atomic mass is 9.99. The van der Waals surface area contributed by atoms with Gasteiger partial charge in [0.05, 0.1) is 11.0 Å². The van der Waals surface area contributed by atoms with E-state index >= 15 is 0 Å². The van der Waals surface area contributed by atoms with E-state index in [4.69, 9.17) is 0 Å². The molecule has 3 rings (SSSR count).